The van der Waals surface area contributed by atoms with Gasteiger partial charge in [-0.25, -0.2) is 19.0 Å². The predicted octanol–water partition coefficient (Wildman–Crippen LogP) is 2.95. The van der Waals surface area contributed by atoms with E-state index in [-0.39, 0.29) is 22.5 Å². The number of nitrogens with zero attached hydrogens (tertiary/aromatic N) is 8. The van der Waals surface area contributed by atoms with Crippen LogP contribution in [0.4, 0.5) is 0 Å². The molecule has 4 heterocycles. The average molecular weight is 649 g/mol. The van der Waals surface area contributed by atoms with Gasteiger partial charge in [0.25, 0.3) is 11.1 Å². The minimum absolute atomic E-state index is 0.0271. The van der Waals surface area contributed by atoms with Crippen molar-refractivity contribution < 1.29 is 19.4 Å². The zero-order chi connectivity index (χ0) is 33.9. The van der Waals surface area contributed by atoms with Crippen LogP contribution >= 0.6 is 0 Å². The maximum Gasteiger partial charge on any atom is 0.360 e. The Labute approximate surface area is 274 Å². The van der Waals surface area contributed by atoms with Gasteiger partial charge in [0, 0.05) is 24.5 Å². The molecule has 0 aliphatic rings. The molecule has 14 heteroatoms. The zero-order valence-electron chi connectivity index (χ0n) is 26.0. The van der Waals surface area contributed by atoms with Crippen molar-refractivity contribution in [3.63, 3.8) is 0 Å². The van der Waals surface area contributed by atoms with Crippen molar-refractivity contribution >= 4 is 11.9 Å². The first-order chi connectivity index (χ1) is 23.3. The van der Waals surface area contributed by atoms with E-state index >= 15 is 0 Å². The molecule has 6 rings (SSSR count). The van der Waals surface area contributed by atoms with Crippen LogP contribution < -0.4 is 11.1 Å². The lowest BCUT2D eigenvalue weighted by Crippen LogP contribution is -2.18. The van der Waals surface area contributed by atoms with Crippen molar-refractivity contribution in [2.24, 2.45) is 0 Å². The van der Waals surface area contributed by atoms with Crippen molar-refractivity contribution in [2.75, 3.05) is 6.61 Å². The van der Waals surface area contributed by atoms with E-state index in [1.54, 1.807) is 57.5 Å². The van der Waals surface area contributed by atoms with E-state index in [1.807, 2.05) is 60.7 Å². The number of ether oxygens (including phenoxy) is 1. The van der Waals surface area contributed by atoms with Crippen LogP contribution in [0.15, 0.2) is 119 Å². The molecule has 0 spiro atoms. The minimum atomic E-state index is -1.10. The highest BCUT2D eigenvalue weighted by atomic mass is 16.5. The Bertz CT molecular complexity index is 2100. The van der Waals surface area contributed by atoms with E-state index in [0.717, 1.165) is 22.3 Å². The first-order valence-corrected chi connectivity index (χ1v) is 14.9. The molecule has 0 unspecified atom stereocenters. The van der Waals surface area contributed by atoms with Gasteiger partial charge in [-0.15, -0.1) is 10.2 Å². The molecule has 4 aromatic heterocycles. The van der Waals surface area contributed by atoms with Crippen LogP contribution in [0.25, 0.3) is 0 Å². The van der Waals surface area contributed by atoms with Crippen molar-refractivity contribution in [2.45, 2.75) is 33.1 Å². The highest BCUT2D eigenvalue weighted by Gasteiger charge is 2.12. The number of hydrogen-bond acceptors (Lipinski definition) is 9. The fourth-order valence-corrected chi connectivity index (χ4v) is 4.60. The summed E-state index contributed by atoms with van der Waals surface area (Å²) >= 11 is 0. The lowest BCUT2D eigenvalue weighted by atomic mass is 10.1. The molecule has 48 heavy (non-hydrogen) atoms. The number of carbonyl (C=O) groups is 2. The number of rotatable bonds is 11. The van der Waals surface area contributed by atoms with Crippen LogP contribution in [0.1, 0.15) is 50.2 Å². The summed E-state index contributed by atoms with van der Waals surface area (Å²) < 4.78 is 11.2. The standard InChI is InChI=1S/C18H18N4O3.C16H14N4O3/c1-2-25-18(24)16-13-22(20-19-16)12-15-8-6-14(7-9-15)11-21-10-4-3-5-17(21)23;21-15-3-1-2-8-19(15)9-12-4-6-13(7-5-12)10-20-11-14(16(22)23)17-18-20/h3-10,13H,2,11-12H2,1H3;1-8,11H,9-10H2,(H,22,23). The number of hydrogen-bond donors (Lipinski definition) is 1. The molecule has 0 atom stereocenters. The SMILES string of the molecule is CCOC(=O)c1cn(Cc2ccc(Cn3ccccc3=O)cc2)nn1.O=C(O)c1cn(Cc2ccc(Cn3ccccc3=O)cc2)nn1. The molecule has 0 radical (unpaired) electrons. The lowest BCUT2D eigenvalue weighted by Gasteiger charge is -2.06. The van der Waals surface area contributed by atoms with Crippen LogP contribution in [-0.2, 0) is 30.9 Å². The summed E-state index contributed by atoms with van der Waals surface area (Å²) in [7, 11) is 0. The van der Waals surface area contributed by atoms with E-state index in [2.05, 4.69) is 20.6 Å². The fourth-order valence-electron chi connectivity index (χ4n) is 4.60. The molecule has 2 aromatic carbocycles. The van der Waals surface area contributed by atoms with Crippen molar-refractivity contribution in [3.8, 4) is 0 Å². The Kier molecular flexibility index (Phi) is 10.8. The number of benzene rings is 2. The maximum atomic E-state index is 11.7. The Morgan fingerprint density at radius 3 is 1.44 bits per heavy atom. The Morgan fingerprint density at radius 2 is 1.04 bits per heavy atom. The molecular weight excluding hydrogens is 616 g/mol. The molecule has 0 bridgehead atoms. The van der Waals surface area contributed by atoms with Crippen LogP contribution in [0, 0.1) is 0 Å². The van der Waals surface area contributed by atoms with Gasteiger partial charge in [0.1, 0.15) is 0 Å². The number of carboxylic acid groups (broad SMARTS) is 1. The van der Waals surface area contributed by atoms with E-state index in [1.165, 1.54) is 16.9 Å². The highest BCUT2D eigenvalue weighted by Crippen LogP contribution is 2.09. The van der Waals surface area contributed by atoms with E-state index in [4.69, 9.17) is 9.84 Å². The Balaban J connectivity index is 0.000000188. The van der Waals surface area contributed by atoms with Gasteiger partial charge in [0.2, 0.25) is 0 Å². The van der Waals surface area contributed by atoms with Crippen LogP contribution in [-0.4, -0.2) is 62.8 Å². The van der Waals surface area contributed by atoms with Gasteiger partial charge in [-0.2, -0.15) is 0 Å². The minimum Gasteiger partial charge on any atom is -0.476 e. The monoisotopic (exact) mass is 648 g/mol. The first-order valence-electron chi connectivity index (χ1n) is 14.9. The summed E-state index contributed by atoms with van der Waals surface area (Å²) in [5.74, 6) is -1.57. The Hall–Kier alpha value is -6.44. The topological polar surface area (TPSA) is 169 Å². The lowest BCUT2D eigenvalue weighted by molar-refractivity contribution is 0.0518. The second-order valence-corrected chi connectivity index (χ2v) is 10.6. The van der Waals surface area contributed by atoms with Crippen LogP contribution in [0.5, 0.6) is 0 Å². The number of aromatic nitrogens is 8. The smallest absolute Gasteiger partial charge is 0.360 e. The second-order valence-electron chi connectivity index (χ2n) is 10.6. The van der Waals surface area contributed by atoms with Gasteiger partial charge < -0.3 is 19.0 Å². The molecule has 0 aliphatic carbocycles. The first kappa shape index (κ1) is 32.9. The molecule has 6 aromatic rings. The van der Waals surface area contributed by atoms with Gasteiger partial charge in [-0.3, -0.25) is 9.59 Å². The summed E-state index contributed by atoms with van der Waals surface area (Å²) in [6, 6.07) is 25.8. The van der Waals surface area contributed by atoms with Crippen molar-refractivity contribution in [3.05, 3.63) is 164 Å². The van der Waals surface area contributed by atoms with E-state index in [9.17, 15) is 19.2 Å². The van der Waals surface area contributed by atoms with Gasteiger partial charge in [-0.05, 0) is 41.3 Å². The molecule has 0 saturated carbocycles. The van der Waals surface area contributed by atoms with E-state index in [0.29, 0.717) is 32.8 Å². The number of aromatic carboxylic acids is 1. The fraction of sp³-hybridized carbons (Fsp3) is 0.176. The number of carboxylic acids is 1. The number of carbonyl (C=O) groups excluding carboxylic acids is 1. The Morgan fingerprint density at radius 1 is 0.625 bits per heavy atom. The normalized spacial score (nSPS) is 10.6. The maximum absolute atomic E-state index is 11.7. The molecule has 0 fully saturated rings. The molecule has 0 amide bonds. The average Bonchev–Trinajstić information content (AvgIpc) is 3.76. The second kappa shape index (κ2) is 15.7. The van der Waals surface area contributed by atoms with Crippen LogP contribution in [0.2, 0.25) is 0 Å². The van der Waals surface area contributed by atoms with Crippen molar-refractivity contribution in [1.82, 2.24) is 39.1 Å². The van der Waals surface area contributed by atoms with Gasteiger partial charge >= 0.3 is 11.9 Å². The van der Waals surface area contributed by atoms with Gasteiger partial charge in [0.05, 0.1) is 45.2 Å². The highest BCUT2D eigenvalue weighted by molar-refractivity contribution is 5.86. The molecule has 14 nitrogen and oxygen atoms in total. The van der Waals surface area contributed by atoms with Gasteiger partial charge in [-0.1, -0.05) is 71.1 Å². The largest absolute Gasteiger partial charge is 0.476 e. The number of esters is 1. The van der Waals surface area contributed by atoms with Crippen LogP contribution in [0.3, 0.4) is 0 Å². The third-order valence-electron chi connectivity index (χ3n) is 7.02. The number of pyridine rings is 2. The third kappa shape index (κ3) is 9.06. The molecule has 1 N–H and O–H groups in total. The quantitative estimate of drug-likeness (QED) is 0.206. The molecule has 244 valence electrons. The summed E-state index contributed by atoms with van der Waals surface area (Å²) in [6.45, 7) is 4.01. The predicted molar refractivity (Wildman–Crippen MR) is 174 cm³/mol. The molecular formula is C34H32N8O6. The summed E-state index contributed by atoms with van der Waals surface area (Å²) in [4.78, 5) is 45.8. The third-order valence-corrected chi connectivity index (χ3v) is 7.02. The summed E-state index contributed by atoms with van der Waals surface area (Å²) in [5, 5.41) is 23.9. The zero-order valence-corrected chi connectivity index (χ0v) is 26.0. The van der Waals surface area contributed by atoms with E-state index < -0.39 is 11.9 Å². The molecule has 0 aliphatic heterocycles. The van der Waals surface area contributed by atoms with Crippen molar-refractivity contribution in [1.29, 1.82) is 0 Å². The van der Waals surface area contributed by atoms with Gasteiger partial charge in [0.15, 0.2) is 11.4 Å². The summed E-state index contributed by atoms with van der Waals surface area (Å²) in [6.07, 6.45) is 6.47. The molecule has 0 saturated heterocycles. The summed E-state index contributed by atoms with van der Waals surface area (Å²) in [5.41, 5.74) is 4.07.